The lowest BCUT2D eigenvalue weighted by Gasteiger charge is -2.28. The third-order valence-corrected chi connectivity index (χ3v) is 6.79. The molecule has 5 rings (SSSR count). The van der Waals surface area contributed by atoms with Gasteiger partial charge < -0.3 is 19.5 Å². The molecule has 0 radical (unpaired) electrons. The average molecular weight is 490 g/mol. The van der Waals surface area contributed by atoms with Gasteiger partial charge in [-0.25, -0.2) is 4.98 Å². The highest BCUT2D eigenvalue weighted by Crippen LogP contribution is 2.44. The van der Waals surface area contributed by atoms with Crippen molar-refractivity contribution in [2.24, 2.45) is 0 Å². The van der Waals surface area contributed by atoms with Crippen molar-refractivity contribution in [2.45, 2.75) is 25.9 Å². The van der Waals surface area contributed by atoms with Crippen LogP contribution in [0.5, 0.6) is 5.75 Å². The molecule has 0 aliphatic carbocycles. The third kappa shape index (κ3) is 3.81. The van der Waals surface area contributed by atoms with Gasteiger partial charge in [0.15, 0.2) is 5.11 Å². The van der Waals surface area contributed by atoms with Gasteiger partial charge in [0.25, 0.3) is 0 Å². The Morgan fingerprint density at radius 3 is 2.41 bits per heavy atom. The van der Waals surface area contributed by atoms with Gasteiger partial charge >= 0.3 is 0 Å². The Balaban J connectivity index is 1.68. The van der Waals surface area contributed by atoms with E-state index in [0.29, 0.717) is 15.9 Å². The normalized spacial score (nSPS) is 17.6. The second-order valence-electron chi connectivity index (χ2n) is 8.17. The zero-order valence-electron chi connectivity index (χ0n) is 19.1. The molecule has 1 N–H and O–H groups in total. The van der Waals surface area contributed by atoms with E-state index in [1.165, 1.54) is 0 Å². The molecule has 1 aliphatic rings. The van der Waals surface area contributed by atoms with Crippen molar-refractivity contribution in [3.05, 3.63) is 101 Å². The van der Waals surface area contributed by atoms with Gasteiger partial charge in [0, 0.05) is 29.5 Å². The lowest BCUT2D eigenvalue weighted by atomic mass is 9.96. The Labute approximate surface area is 209 Å². The highest BCUT2D eigenvalue weighted by atomic mass is 35.5. The summed E-state index contributed by atoms with van der Waals surface area (Å²) in [6, 6.07) is 19.5. The number of halogens is 1. The van der Waals surface area contributed by atoms with Crippen LogP contribution >= 0.6 is 23.8 Å². The number of aromatic nitrogens is 3. The summed E-state index contributed by atoms with van der Waals surface area (Å²) in [7, 11) is 1.61. The summed E-state index contributed by atoms with van der Waals surface area (Å²) < 4.78 is 7.53. The maximum atomic E-state index is 6.50. The van der Waals surface area contributed by atoms with Crippen LogP contribution in [0, 0.1) is 13.8 Å². The fraction of sp³-hybridized carbons (Fsp3) is 0.192. The topological polar surface area (TPSA) is 55.2 Å². The number of anilines is 1. The van der Waals surface area contributed by atoms with Crippen molar-refractivity contribution in [2.75, 3.05) is 12.0 Å². The molecule has 8 heteroatoms. The van der Waals surface area contributed by atoms with Gasteiger partial charge in [-0.3, -0.25) is 4.98 Å². The molecule has 3 aromatic heterocycles. The van der Waals surface area contributed by atoms with Gasteiger partial charge in [-0.15, -0.1) is 0 Å². The standard InChI is InChI=1S/C26H24ClN5OS/c1-16-14-19(17(2)31(16)23-9-5-7-13-29-23)25-24(21-8-4-6-12-28-21)30-26(34)32(25)18-10-11-22(33-3)20(27)15-18/h4-15,24-25H,1-3H3,(H,30,34)/t24-,25+/m1/s1. The second kappa shape index (κ2) is 9.08. The van der Waals surface area contributed by atoms with E-state index in [1.54, 1.807) is 13.3 Å². The van der Waals surface area contributed by atoms with E-state index < -0.39 is 0 Å². The van der Waals surface area contributed by atoms with E-state index in [1.807, 2.05) is 60.8 Å². The van der Waals surface area contributed by atoms with Crippen LogP contribution in [0.25, 0.3) is 5.82 Å². The van der Waals surface area contributed by atoms with Crippen LogP contribution in [0.1, 0.15) is 34.7 Å². The van der Waals surface area contributed by atoms with Crippen LogP contribution in [0.15, 0.2) is 73.1 Å². The number of pyridine rings is 2. The van der Waals surface area contributed by atoms with E-state index in [0.717, 1.165) is 34.2 Å². The third-order valence-electron chi connectivity index (χ3n) is 6.18. The molecular formula is C26H24ClN5OS. The van der Waals surface area contributed by atoms with Gasteiger partial charge in [0.1, 0.15) is 11.6 Å². The fourth-order valence-electron chi connectivity index (χ4n) is 4.68. The summed E-state index contributed by atoms with van der Waals surface area (Å²) in [4.78, 5) is 11.3. The van der Waals surface area contributed by atoms with E-state index in [9.17, 15) is 0 Å². The summed E-state index contributed by atoms with van der Waals surface area (Å²) in [5.41, 5.74) is 5.13. The van der Waals surface area contributed by atoms with Crippen molar-refractivity contribution >= 4 is 34.6 Å². The molecule has 1 fully saturated rings. The molecule has 6 nitrogen and oxygen atoms in total. The number of rotatable bonds is 5. The van der Waals surface area contributed by atoms with Crippen molar-refractivity contribution in [1.29, 1.82) is 0 Å². The van der Waals surface area contributed by atoms with E-state index >= 15 is 0 Å². The molecule has 4 heterocycles. The van der Waals surface area contributed by atoms with Gasteiger partial charge in [0.2, 0.25) is 0 Å². The maximum absolute atomic E-state index is 6.50. The lowest BCUT2D eigenvalue weighted by Crippen LogP contribution is -2.29. The predicted molar refractivity (Wildman–Crippen MR) is 139 cm³/mol. The molecule has 0 unspecified atom stereocenters. The van der Waals surface area contributed by atoms with Crippen LogP contribution in [0.2, 0.25) is 5.02 Å². The SMILES string of the molecule is COc1ccc(N2C(=S)N[C@H](c3ccccn3)[C@@H]2c2cc(C)n(-c3ccccn3)c2C)cc1Cl. The summed E-state index contributed by atoms with van der Waals surface area (Å²) in [5, 5.41) is 4.65. The van der Waals surface area contributed by atoms with Crippen LogP contribution < -0.4 is 15.0 Å². The summed E-state index contributed by atoms with van der Waals surface area (Å²) in [6.45, 7) is 4.21. The van der Waals surface area contributed by atoms with Gasteiger partial charge in [-0.05, 0) is 80.2 Å². The molecule has 1 saturated heterocycles. The van der Waals surface area contributed by atoms with Crippen molar-refractivity contribution in [3.8, 4) is 11.6 Å². The summed E-state index contributed by atoms with van der Waals surface area (Å²) in [6.07, 6.45) is 3.61. The Hall–Kier alpha value is -3.42. The molecule has 0 bridgehead atoms. The molecule has 172 valence electrons. The molecule has 2 atom stereocenters. The van der Waals surface area contributed by atoms with E-state index in [-0.39, 0.29) is 12.1 Å². The first kappa shape index (κ1) is 22.4. The number of nitrogens with one attached hydrogen (secondary N) is 1. The van der Waals surface area contributed by atoms with E-state index in [4.69, 9.17) is 28.6 Å². The van der Waals surface area contributed by atoms with Crippen LogP contribution in [0.3, 0.4) is 0 Å². The number of benzene rings is 1. The molecule has 4 aromatic rings. The molecule has 0 saturated carbocycles. The number of ether oxygens (including phenoxy) is 1. The highest BCUT2D eigenvalue weighted by Gasteiger charge is 2.42. The number of nitrogens with zero attached hydrogens (tertiary/aromatic N) is 4. The molecule has 34 heavy (non-hydrogen) atoms. The minimum atomic E-state index is -0.146. The fourth-order valence-corrected chi connectivity index (χ4v) is 5.28. The van der Waals surface area contributed by atoms with Crippen LogP contribution in [0.4, 0.5) is 5.69 Å². The summed E-state index contributed by atoms with van der Waals surface area (Å²) in [5.74, 6) is 1.50. The van der Waals surface area contributed by atoms with Gasteiger partial charge in [-0.1, -0.05) is 23.7 Å². The average Bonchev–Trinajstić information content (AvgIpc) is 3.35. The first-order valence-corrected chi connectivity index (χ1v) is 11.7. The summed E-state index contributed by atoms with van der Waals surface area (Å²) >= 11 is 12.4. The first-order valence-electron chi connectivity index (χ1n) is 10.9. The number of thiocarbonyl (C=S) groups is 1. The van der Waals surface area contributed by atoms with Crippen molar-refractivity contribution < 1.29 is 4.74 Å². The van der Waals surface area contributed by atoms with Gasteiger partial charge in [-0.2, -0.15) is 0 Å². The largest absolute Gasteiger partial charge is 0.495 e. The highest BCUT2D eigenvalue weighted by molar-refractivity contribution is 7.80. The molecule has 0 amide bonds. The first-order chi connectivity index (χ1) is 16.5. The maximum Gasteiger partial charge on any atom is 0.174 e. The van der Waals surface area contributed by atoms with Crippen molar-refractivity contribution in [3.63, 3.8) is 0 Å². The Morgan fingerprint density at radius 1 is 1.00 bits per heavy atom. The zero-order chi connectivity index (χ0) is 23.8. The van der Waals surface area contributed by atoms with E-state index in [2.05, 4.69) is 44.7 Å². The number of hydrogen-bond acceptors (Lipinski definition) is 4. The molecule has 0 spiro atoms. The second-order valence-corrected chi connectivity index (χ2v) is 8.96. The number of aryl methyl sites for hydroxylation is 1. The zero-order valence-corrected chi connectivity index (χ0v) is 20.6. The predicted octanol–water partition coefficient (Wildman–Crippen LogP) is 5.72. The van der Waals surface area contributed by atoms with Gasteiger partial charge in [0.05, 0.1) is 29.9 Å². The van der Waals surface area contributed by atoms with Crippen LogP contribution in [-0.4, -0.2) is 26.8 Å². The lowest BCUT2D eigenvalue weighted by molar-refractivity contribution is 0.415. The molecule has 1 aliphatic heterocycles. The Bertz CT molecular complexity index is 1340. The van der Waals surface area contributed by atoms with Crippen molar-refractivity contribution in [1.82, 2.24) is 19.9 Å². The Morgan fingerprint density at radius 2 is 1.76 bits per heavy atom. The molecule has 1 aromatic carbocycles. The van der Waals surface area contributed by atoms with Crippen LogP contribution in [-0.2, 0) is 0 Å². The monoisotopic (exact) mass is 489 g/mol. The number of methoxy groups -OCH3 is 1. The smallest absolute Gasteiger partial charge is 0.174 e. The number of hydrogen-bond donors (Lipinski definition) is 1. The quantitative estimate of drug-likeness (QED) is 0.362. The minimum absolute atomic E-state index is 0.143. The minimum Gasteiger partial charge on any atom is -0.495 e. The Kier molecular flexibility index (Phi) is 5.98. The molecular weight excluding hydrogens is 466 g/mol.